The van der Waals surface area contributed by atoms with Crippen molar-refractivity contribution in [3.05, 3.63) is 95.8 Å². The van der Waals surface area contributed by atoms with E-state index in [1.54, 1.807) is 17.0 Å². The van der Waals surface area contributed by atoms with Gasteiger partial charge >= 0.3 is 0 Å². The lowest BCUT2D eigenvalue weighted by Crippen LogP contribution is -2.49. The van der Waals surface area contributed by atoms with Gasteiger partial charge in [-0.05, 0) is 48.4 Å². The maximum atomic E-state index is 13.5. The van der Waals surface area contributed by atoms with Gasteiger partial charge in [-0.1, -0.05) is 54.2 Å². The van der Waals surface area contributed by atoms with E-state index in [4.69, 9.17) is 9.98 Å². The number of anilines is 1. The van der Waals surface area contributed by atoms with Crippen LogP contribution in [0.1, 0.15) is 24.0 Å². The van der Waals surface area contributed by atoms with Gasteiger partial charge in [-0.3, -0.25) is 14.6 Å². The lowest BCUT2D eigenvalue weighted by Gasteiger charge is -2.36. The number of thioether (sulfide) groups is 1. The van der Waals surface area contributed by atoms with Crippen molar-refractivity contribution < 1.29 is 14.0 Å². The Balaban J connectivity index is 1.11. The maximum Gasteiger partial charge on any atom is 0.259 e. The molecule has 1 saturated heterocycles. The molecule has 1 unspecified atom stereocenters. The van der Waals surface area contributed by atoms with Gasteiger partial charge in [0.1, 0.15) is 17.7 Å². The van der Waals surface area contributed by atoms with Crippen LogP contribution in [0.25, 0.3) is 0 Å². The van der Waals surface area contributed by atoms with E-state index in [-0.39, 0.29) is 24.1 Å². The van der Waals surface area contributed by atoms with Gasteiger partial charge in [0.25, 0.3) is 5.91 Å². The van der Waals surface area contributed by atoms with Crippen molar-refractivity contribution in [1.29, 1.82) is 0 Å². The summed E-state index contributed by atoms with van der Waals surface area (Å²) in [4.78, 5) is 41.9. The Kier molecular flexibility index (Phi) is 7.15. The van der Waals surface area contributed by atoms with Crippen molar-refractivity contribution in [2.24, 2.45) is 9.98 Å². The summed E-state index contributed by atoms with van der Waals surface area (Å²) < 4.78 is 13.3. The number of piperazine rings is 1. The van der Waals surface area contributed by atoms with E-state index in [0.29, 0.717) is 36.3 Å². The Morgan fingerprint density at radius 3 is 2.41 bits per heavy atom. The van der Waals surface area contributed by atoms with Crippen LogP contribution in [0.4, 0.5) is 15.8 Å². The summed E-state index contributed by atoms with van der Waals surface area (Å²) in [5.41, 5.74) is 3.67. The van der Waals surface area contributed by atoms with Crippen molar-refractivity contribution in [3.8, 4) is 0 Å². The van der Waals surface area contributed by atoms with Gasteiger partial charge in [0.05, 0.1) is 5.69 Å². The van der Waals surface area contributed by atoms with E-state index in [2.05, 4.69) is 17.0 Å². The highest BCUT2D eigenvalue weighted by atomic mass is 32.2. The van der Waals surface area contributed by atoms with E-state index < -0.39 is 6.04 Å². The number of rotatable bonds is 6. The molecular formula is C30H28FN5O2S. The first-order chi connectivity index (χ1) is 19.1. The number of para-hydroxylation sites is 2. The second-order valence-electron chi connectivity index (χ2n) is 9.71. The van der Waals surface area contributed by atoms with Gasteiger partial charge in [-0.15, -0.1) is 0 Å². The first kappa shape index (κ1) is 25.3. The van der Waals surface area contributed by atoms with Crippen LogP contribution in [0.3, 0.4) is 0 Å². The van der Waals surface area contributed by atoms with Crippen molar-refractivity contribution in [3.63, 3.8) is 0 Å². The number of carbonyl (C=O) groups excluding carboxylic acids is 2. The highest BCUT2D eigenvalue weighted by molar-refractivity contribution is 8.13. The average Bonchev–Trinajstić information content (AvgIpc) is 3.32. The second kappa shape index (κ2) is 11.0. The number of carbonyl (C=O) groups is 2. The average molecular weight is 542 g/mol. The van der Waals surface area contributed by atoms with Crippen molar-refractivity contribution in [2.75, 3.05) is 31.1 Å². The third-order valence-electron chi connectivity index (χ3n) is 7.21. The van der Waals surface area contributed by atoms with Gasteiger partial charge in [0.2, 0.25) is 5.91 Å². The number of nitrogens with zero attached hydrogens (tertiary/aromatic N) is 5. The number of amides is 2. The molecule has 1 fully saturated rings. The number of benzene rings is 3. The van der Waals surface area contributed by atoms with Crippen LogP contribution in [-0.4, -0.2) is 64.8 Å². The van der Waals surface area contributed by atoms with Crippen molar-refractivity contribution >= 4 is 46.0 Å². The summed E-state index contributed by atoms with van der Waals surface area (Å²) in [6, 6.07) is 23.5. The Hall–Kier alpha value is -3.98. The minimum Gasteiger partial charge on any atom is -0.368 e. The monoisotopic (exact) mass is 541 g/mol. The minimum atomic E-state index is -0.627. The first-order valence-corrected chi connectivity index (χ1v) is 14.1. The molecule has 198 valence electrons. The number of hydrogen-bond donors (Lipinski definition) is 0. The molecule has 7 nitrogen and oxygen atoms in total. The molecule has 6 rings (SSSR count). The van der Waals surface area contributed by atoms with E-state index >= 15 is 0 Å². The molecule has 3 aliphatic rings. The van der Waals surface area contributed by atoms with E-state index in [9.17, 15) is 14.0 Å². The zero-order valence-electron chi connectivity index (χ0n) is 21.4. The fraction of sp³-hybridized carbons (Fsp3) is 0.267. The smallest absolute Gasteiger partial charge is 0.259 e. The van der Waals surface area contributed by atoms with E-state index in [1.807, 2.05) is 47.4 Å². The zero-order valence-corrected chi connectivity index (χ0v) is 22.2. The van der Waals surface area contributed by atoms with Crippen LogP contribution in [0.2, 0.25) is 0 Å². The van der Waals surface area contributed by atoms with Gasteiger partial charge in [0.15, 0.2) is 5.17 Å². The molecule has 39 heavy (non-hydrogen) atoms. The number of fused-ring (bicyclic) bond motifs is 3. The highest BCUT2D eigenvalue weighted by Crippen LogP contribution is 2.35. The standard InChI is InChI=1S/C30H28FN5O2S/c31-22-12-10-21(11-13-22)20-39-30-33-25-9-5-4-8-24(25)28-32-26(29(38)36(28)30)14-15-27(37)35-18-16-34(17-19-35)23-6-2-1-3-7-23/h1-13,26H,14-20H2. The fourth-order valence-electron chi connectivity index (χ4n) is 5.09. The topological polar surface area (TPSA) is 68.6 Å². The summed E-state index contributed by atoms with van der Waals surface area (Å²) >= 11 is 1.42. The molecular weight excluding hydrogens is 513 g/mol. The molecule has 0 aliphatic carbocycles. The molecule has 0 spiro atoms. The van der Waals surface area contributed by atoms with E-state index in [0.717, 1.165) is 29.9 Å². The third kappa shape index (κ3) is 5.31. The van der Waals surface area contributed by atoms with Crippen LogP contribution in [0, 0.1) is 5.82 Å². The lowest BCUT2D eigenvalue weighted by molar-refractivity contribution is -0.131. The molecule has 1 atom stereocenters. The first-order valence-electron chi connectivity index (χ1n) is 13.1. The summed E-state index contributed by atoms with van der Waals surface area (Å²) in [6.07, 6.45) is 0.623. The maximum absolute atomic E-state index is 13.5. The van der Waals surface area contributed by atoms with Crippen LogP contribution < -0.4 is 4.90 Å². The number of hydrogen-bond acceptors (Lipinski definition) is 6. The lowest BCUT2D eigenvalue weighted by atomic mass is 10.1. The van der Waals surface area contributed by atoms with Gasteiger partial charge in [-0.25, -0.2) is 14.3 Å². The Labute approximate surface area is 231 Å². The molecule has 0 aromatic heterocycles. The Bertz CT molecular complexity index is 1440. The molecule has 3 aromatic carbocycles. The normalized spacial score (nSPS) is 18.4. The molecule has 0 radical (unpaired) electrons. The minimum absolute atomic E-state index is 0.0561. The van der Waals surface area contributed by atoms with Gasteiger partial charge in [0, 0.05) is 49.6 Å². The van der Waals surface area contributed by atoms with Crippen LogP contribution in [0.15, 0.2) is 88.8 Å². The molecule has 3 aromatic rings. The molecule has 3 aliphatic heterocycles. The predicted octanol–water partition coefficient (Wildman–Crippen LogP) is 4.85. The Morgan fingerprint density at radius 2 is 1.64 bits per heavy atom. The summed E-state index contributed by atoms with van der Waals surface area (Å²) in [7, 11) is 0. The highest BCUT2D eigenvalue weighted by Gasteiger charge is 2.41. The van der Waals surface area contributed by atoms with Crippen molar-refractivity contribution in [2.45, 2.75) is 24.6 Å². The molecule has 2 amide bonds. The van der Waals surface area contributed by atoms with E-state index in [1.165, 1.54) is 29.6 Å². The van der Waals surface area contributed by atoms with Gasteiger partial charge in [-0.2, -0.15) is 0 Å². The number of aliphatic imine (C=N–C) groups is 2. The second-order valence-corrected chi connectivity index (χ2v) is 10.7. The summed E-state index contributed by atoms with van der Waals surface area (Å²) in [5, 5.41) is 0.549. The molecule has 0 N–H and O–H groups in total. The fourth-order valence-corrected chi connectivity index (χ4v) is 6.04. The predicted molar refractivity (Wildman–Crippen MR) is 153 cm³/mol. The number of halogens is 1. The SMILES string of the molecule is O=C(CCC1N=C2c3ccccc3N=C(SCc3ccc(F)cc3)N2C1=O)N1CCN(c2ccccc2)CC1. The molecule has 9 heteroatoms. The number of amidine groups is 2. The van der Waals surface area contributed by atoms with Gasteiger partial charge < -0.3 is 9.80 Å². The third-order valence-corrected chi connectivity index (χ3v) is 8.22. The summed E-state index contributed by atoms with van der Waals surface area (Å²) in [6.45, 7) is 2.90. The largest absolute Gasteiger partial charge is 0.368 e. The molecule has 0 saturated carbocycles. The van der Waals surface area contributed by atoms with Crippen molar-refractivity contribution in [1.82, 2.24) is 9.80 Å². The quantitative estimate of drug-likeness (QED) is 0.448. The molecule has 3 heterocycles. The Morgan fingerprint density at radius 1 is 0.923 bits per heavy atom. The van der Waals surface area contributed by atoms with Crippen LogP contribution >= 0.6 is 11.8 Å². The zero-order chi connectivity index (χ0) is 26.8. The van der Waals surface area contributed by atoms with Crippen LogP contribution in [-0.2, 0) is 15.3 Å². The van der Waals surface area contributed by atoms with Crippen LogP contribution in [0.5, 0.6) is 0 Å². The summed E-state index contributed by atoms with van der Waals surface area (Å²) in [5.74, 6) is 0.733. The molecule has 0 bridgehead atoms.